The van der Waals surface area contributed by atoms with Gasteiger partial charge in [-0.1, -0.05) is 0 Å². The molecule has 1 rings (SSSR count). The molecule has 8 heteroatoms. The zero-order valence-corrected chi connectivity index (χ0v) is 9.79. The molecule has 0 bridgehead atoms. The van der Waals surface area contributed by atoms with Crippen molar-refractivity contribution < 1.29 is 13.5 Å². The van der Waals surface area contributed by atoms with E-state index in [0.29, 0.717) is 13.1 Å². The lowest BCUT2D eigenvalue weighted by Gasteiger charge is -2.07. The molecule has 1 aromatic rings. The Balaban J connectivity index is 2.28. The van der Waals surface area contributed by atoms with E-state index in [4.69, 9.17) is 5.11 Å². The molecule has 4 N–H and O–H groups in total. The average molecular weight is 248 g/mol. The van der Waals surface area contributed by atoms with Crippen LogP contribution in [-0.2, 0) is 10.0 Å². The molecule has 0 amide bonds. The van der Waals surface area contributed by atoms with Crippen molar-refractivity contribution in [3.8, 4) is 0 Å². The summed E-state index contributed by atoms with van der Waals surface area (Å²) in [6, 6.07) is 0. The zero-order chi connectivity index (χ0) is 12.0. The van der Waals surface area contributed by atoms with Gasteiger partial charge in [0, 0.05) is 19.6 Å². The van der Waals surface area contributed by atoms with Crippen LogP contribution in [0.25, 0.3) is 0 Å². The number of aliphatic hydroxyl groups excluding tert-OH is 1. The average Bonchev–Trinajstić information content (AvgIpc) is 2.69. The lowest BCUT2D eigenvalue weighted by molar-refractivity contribution is 0.192. The molecule has 1 aromatic heterocycles. The number of imidazole rings is 1. The maximum Gasteiger partial charge on any atom is 0.257 e. The first-order valence-electron chi connectivity index (χ1n) is 4.89. The summed E-state index contributed by atoms with van der Waals surface area (Å²) in [5.74, 6) is 0. The number of hydrogen-bond donors (Lipinski definition) is 4. The zero-order valence-electron chi connectivity index (χ0n) is 8.97. The Morgan fingerprint density at radius 1 is 1.56 bits per heavy atom. The lowest BCUT2D eigenvalue weighted by atomic mass is 10.4. The van der Waals surface area contributed by atoms with Crippen molar-refractivity contribution in [3.63, 3.8) is 0 Å². The van der Waals surface area contributed by atoms with Gasteiger partial charge in [-0.3, -0.25) is 0 Å². The van der Waals surface area contributed by atoms with Gasteiger partial charge in [0.25, 0.3) is 10.0 Å². The molecule has 0 aliphatic rings. The van der Waals surface area contributed by atoms with Crippen LogP contribution in [0.2, 0.25) is 0 Å². The second-order valence-electron chi connectivity index (χ2n) is 3.37. The first-order chi connectivity index (χ1) is 7.52. The molecular weight excluding hydrogens is 232 g/mol. The summed E-state index contributed by atoms with van der Waals surface area (Å²) in [5, 5.41) is 11.9. The molecule has 0 saturated heterocycles. The van der Waals surface area contributed by atoms with Gasteiger partial charge >= 0.3 is 0 Å². The maximum atomic E-state index is 11.5. The molecule has 1 heterocycles. The predicted molar refractivity (Wildman–Crippen MR) is 58.3 cm³/mol. The molecule has 7 nitrogen and oxygen atoms in total. The fraction of sp³-hybridized carbons (Fsp3) is 0.625. The summed E-state index contributed by atoms with van der Waals surface area (Å²) in [6.07, 6.45) is 2.11. The van der Waals surface area contributed by atoms with Gasteiger partial charge in [-0.15, -0.1) is 0 Å². The summed E-state index contributed by atoms with van der Waals surface area (Å²) in [5.41, 5.74) is 0. The second-order valence-corrected chi connectivity index (χ2v) is 5.10. The quantitative estimate of drug-likeness (QED) is 0.447. The van der Waals surface area contributed by atoms with Crippen LogP contribution in [0.3, 0.4) is 0 Å². The lowest BCUT2D eigenvalue weighted by Crippen LogP contribution is -2.34. The van der Waals surface area contributed by atoms with Gasteiger partial charge in [0.2, 0.25) is 0 Å². The summed E-state index contributed by atoms with van der Waals surface area (Å²) in [6.45, 7) is 2.81. The number of nitrogens with one attached hydrogen (secondary N) is 3. The third-order valence-corrected chi connectivity index (χ3v) is 3.18. The van der Waals surface area contributed by atoms with E-state index in [2.05, 4.69) is 20.0 Å². The largest absolute Gasteiger partial charge is 0.392 e. The third-order valence-electron chi connectivity index (χ3n) is 1.80. The minimum atomic E-state index is -3.49. The monoisotopic (exact) mass is 248 g/mol. The van der Waals surface area contributed by atoms with Crippen LogP contribution in [0.15, 0.2) is 17.6 Å². The van der Waals surface area contributed by atoms with Crippen LogP contribution < -0.4 is 10.0 Å². The Kier molecular flexibility index (Phi) is 4.87. The van der Waals surface area contributed by atoms with Gasteiger partial charge in [-0.05, 0) is 6.92 Å². The Labute approximate surface area is 94.3 Å². The number of aromatic nitrogens is 2. The van der Waals surface area contributed by atoms with E-state index in [1.807, 2.05) is 0 Å². The predicted octanol–water partition coefficient (Wildman–Crippen LogP) is -1.34. The van der Waals surface area contributed by atoms with Crippen LogP contribution >= 0.6 is 0 Å². The van der Waals surface area contributed by atoms with Gasteiger partial charge in [0.1, 0.15) is 0 Å². The Morgan fingerprint density at radius 3 is 2.88 bits per heavy atom. The number of nitrogens with zero attached hydrogens (tertiary/aromatic N) is 1. The van der Waals surface area contributed by atoms with Gasteiger partial charge in [0.05, 0.1) is 18.6 Å². The highest BCUT2D eigenvalue weighted by atomic mass is 32.2. The summed E-state index contributed by atoms with van der Waals surface area (Å²) in [4.78, 5) is 6.15. The van der Waals surface area contributed by atoms with Crippen LogP contribution in [0.5, 0.6) is 0 Å². The molecule has 1 unspecified atom stereocenters. The standard InChI is InChI=1S/C8H16N4O3S/c1-7(13)4-9-2-3-12-16(14,15)8-5-10-6-11-8/h5-7,9,12-13H,2-4H2,1H3,(H,10,11). The SMILES string of the molecule is CC(O)CNCCNS(=O)(=O)c1cnc[nH]1. The third kappa shape index (κ3) is 4.27. The fourth-order valence-electron chi connectivity index (χ4n) is 1.05. The number of hydrogen-bond acceptors (Lipinski definition) is 5. The Hall–Kier alpha value is -0.960. The molecule has 0 saturated carbocycles. The number of sulfonamides is 1. The van der Waals surface area contributed by atoms with Gasteiger partial charge in [-0.25, -0.2) is 18.1 Å². The van der Waals surface area contributed by atoms with Gasteiger partial charge in [0.15, 0.2) is 5.03 Å². The molecular formula is C8H16N4O3S. The van der Waals surface area contributed by atoms with E-state index in [-0.39, 0.29) is 11.6 Å². The summed E-state index contributed by atoms with van der Waals surface area (Å²) < 4.78 is 25.5. The van der Waals surface area contributed by atoms with Crippen molar-refractivity contribution in [1.82, 2.24) is 20.0 Å². The highest BCUT2D eigenvalue weighted by Gasteiger charge is 2.13. The smallest absolute Gasteiger partial charge is 0.257 e. The van der Waals surface area contributed by atoms with Crippen LogP contribution in [0.1, 0.15) is 6.92 Å². The van der Waals surface area contributed by atoms with Crippen molar-refractivity contribution in [2.45, 2.75) is 18.1 Å². The molecule has 0 fully saturated rings. The number of H-pyrrole nitrogens is 1. The van der Waals surface area contributed by atoms with Gasteiger partial charge < -0.3 is 15.4 Å². The number of rotatable bonds is 7. The van der Waals surface area contributed by atoms with Gasteiger partial charge in [-0.2, -0.15) is 0 Å². The first kappa shape index (κ1) is 13.1. The number of aliphatic hydroxyl groups is 1. The van der Waals surface area contributed by atoms with E-state index in [1.54, 1.807) is 6.92 Å². The minimum absolute atomic E-state index is 0.0445. The van der Waals surface area contributed by atoms with E-state index >= 15 is 0 Å². The van der Waals surface area contributed by atoms with E-state index in [9.17, 15) is 8.42 Å². The van der Waals surface area contributed by atoms with E-state index in [0.717, 1.165) is 0 Å². The van der Waals surface area contributed by atoms with Crippen molar-refractivity contribution >= 4 is 10.0 Å². The molecule has 92 valence electrons. The molecule has 0 aliphatic heterocycles. The molecule has 0 spiro atoms. The van der Waals surface area contributed by atoms with E-state index in [1.165, 1.54) is 12.5 Å². The minimum Gasteiger partial charge on any atom is -0.392 e. The molecule has 1 atom stereocenters. The van der Waals surface area contributed by atoms with Crippen LogP contribution in [-0.4, -0.2) is 49.2 Å². The van der Waals surface area contributed by atoms with Crippen molar-refractivity contribution in [2.24, 2.45) is 0 Å². The maximum absolute atomic E-state index is 11.5. The van der Waals surface area contributed by atoms with Crippen LogP contribution in [0, 0.1) is 0 Å². The summed E-state index contributed by atoms with van der Waals surface area (Å²) >= 11 is 0. The molecule has 0 radical (unpaired) electrons. The van der Waals surface area contributed by atoms with Crippen molar-refractivity contribution in [2.75, 3.05) is 19.6 Å². The normalized spacial score (nSPS) is 13.9. The van der Waals surface area contributed by atoms with Crippen LogP contribution in [0.4, 0.5) is 0 Å². The highest BCUT2D eigenvalue weighted by Crippen LogP contribution is 2.00. The summed E-state index contributed by atoms with van der Waals surface area (Å²) in [7, 11) is -3.49. The van der Waals surface area contributed by atoms with Crippen molar-refractivity contribution in [1.29, 1.82) is 0 Å². The topological polar surface area (TPSA) is 107 Å². The van der Waals surface area contributed by atoms with E-state index < -0.39 is 16.1 Å². The second kappa shape index (κ2) is 5.94. The van der Waals surface area contributed by atoms with Crippen molar-refractivity contribution in [3.05, 3.63) is 12.5 Å². The Bertz CT molecular complexity index is 387. The molecule has 0 aromatic carbocycles. The highest BCUT2D eigenvalue weighted by molar-refractivity contribution is 7.89. The molecule has 16 heavy (non-hydrogen) atoms. The fourth-order valence-corrected chi connectivity index (χ4v) is 1.99. The first-order valence-corrected chi connectivity index (χ1v) is 6.37. The number of aromatic amines is 1. The Morgan fingerprint density at radius 2 is 2.31 bits per heavy atom. The molecule has 0 aliphatic carbocycles.